The molecule has 0 aliphatic heterocycles. The third kappa shape index (κ3) is 3.36. The predicted octanol–water partition coefficient (Wildman–Crippen LogP) is -0.566. The molecule has 0 aliphatic rings. The molecule has 18 heavy (non-hydrogen) atoms. The molecule has 5 heteroatoms. The molecule has 0 amide bonds. The summed E-state index contributed by atoms with van der Waals surface area (Å²) >= 11 is 0. The molecule has 0 aliphatic carbocycles. The lowest BCUT2D eigenvalue weighted by molar-refractivity contribution is -0.141. The van der Waals surface area contributed by atoms with E-state index in [0.717, 1.165) is 0 Å². The van der Waals surface area contributed by atoms with E-state index in [9.17, 15) is 20.1 Å². The summed E-state index contributed by atoms with van der Waals surface area (Å²) in [5, 5.41) is 37.0. The highest BCUT2D eigenvalue weighted by Gasteiger charge is 2.32. The molecule has 1 aromatic carbocycles. The Morgan fingerprint density at radius 3 is 2.22 bits per heavy atom. The summed E-state index contributed by atoms with van der Waals surface area (Å²) in [5.41, 5.74) is 0.715. The summed E-state index contributed by atoms with van der Waals surface area (Å²) < 4.78 is 0. The highest BCUT2D eigenvalue weighted by Crippen LogP contribution is 2.19. The summed E-state index contributed by atoms with van der Waals surface area (Å²) in [6.07, 6.45) is -4.94. The fourth-order valence-electron chi connectivity index (χ4n) is 1.65. The van der Waals surface area contributed by atoms with Crippen LogP contribution in [0.4, 0.5) is 0 Å². The minimum Gasteiger partial charge on any atom is -0.394 e. The van der Waals surface area contributed by atoms with Gasteiger partial charge in [-0.05, 0) is 5.56 Å². The summed E-state index contributed by atoms with van der Waals surface area (Å²) in [4.78, 5) is 11.9. The summed E-state index contributed by atoms with van der Waals surface area (Å²) in [7, 11) is 0. The van der Waals surface area contributed by atoms with Crippen molar-refractivity contribution in [1.82, 2.24) is 0 Å². The smallest absolute Gasteiger partial charge is 0.171 e. The van der Waals surface area contributed by atoms with Gasteiger partial charge in [-0.2, -0.15) is 0 Å². The van der Waals surface area contributed by atoms with Gasteiger partial charge >= 0.3 is 0 Å². The fraction of sp³-hybridized carbons (Fsp3) is 0.462. The Morgan fingerprint density at radius 1 is 1.17 bits per heavy atom. The second-order valence-electron chi connectivity index (χ2n) is 4.22. The third-order valence-corrected chi connectivity index (χ3v) is 2.92. The molecule has 4 atom stereocenters. The van der Waals surface area contributed by atoms with Gasteiger partial charge in [0.05, 0.1) is 6.61 Å². The number of aliphatic hydroxyl groups is 4. The molecule has 0 aromatic heterocycles. The number of carbonyl (C=O) groups excluding carboxylic acids is 1. The Morgan fingerprint density at radius 2 is 1.72 bits per heavy atom. The molecule has 100 valence electrons. The quantitative estimate of drug-likeness (QED) is 0.545. The van der Waals surface area contributed by atoms with Crippen molar-refractivity contribution in [3.63, 3.8) is 0 Å². The number of carbonyl (C=O) groups is 1. The highest BCUT2D eigenvalue weighted by molar-refractivity contribution is 5.89. The zero-order chi connectivity index (χ0) is 13.7. The van der Waals surface area contributed by atoms with E-state index in [4.69, 9.17) is 5.11 Å². The molecule has 0 heterocycles. The van der Waals surface area contributed by atoms with Crippen LogP contribution >= 0.6 is 0 Å². The first-order chi connectivity index (χ1) is 8.49. The summed E-state index contributed by atoms with van der Waals surface area (Å²) in [6, 6.07) is 8.82. The van der Waals surface area contributed by atoms with Crippen LogP contribution in [-0.2, 0) is 4.79 Å². The summed E-state index contributed by atoms with van der Waals surface area (Å²) in [5.74, 6) is -1.19. The number of hydrogen-bond acceptors (Lipinski definition) is 5. The molecule has 0 saturated heterocycles. The van der Waals surface area contributed by atoms with Gasteiger partial charge in [0.1, 0.15) is 18.3 Å². The zero-order valence-corrected chi connectivity index (χ0v) is 10.1. The molecule has 0 fully saturated rings. The first-order valence-electron chi connectivity index (χ1n) is 5.72. The molecule has 0 radical (unpaired) electrons. The Balaban J connectivity index is 2.75. The molecule has 0 saturated carbocycles. The third-order valence-electron chi connectivity index (χ3n) is 2.92. The second kappa shape index (κ2) is 6.61. The van der Waals surface area contributed by atoms with Gasteiger partial charge in [0.2, 0.25) is 0 Å². The van der Waals surface area contributed by atoms with Gasteiger partial charge < -0.3 is 20.4 Å². The van der Waals surface area contributed by atoms with E-state index >= 15 is 0 Å². The monoisotopic (exact) mass is 254 g/mol. The average Bonchev–Trinajstić information content (AvgIpc) is 2.44. The molecule has 1 aromatic rings. The maximum atomic E-state index is 11.9. The molecule has 4 N–H and O–H groups in total. The van der Waals surface area contributed by atoms with Gasteiger partial charge in [0, 0.05) is 5.92 Å². The van der Waals surface area contributed by atoms with Gasteiger partial charge in [-0.3, -0.25) is 4.79 Å². The van der Waals surface area contributed by atoms with Crippen molar-refractivity contribution in [2.75, 3.05) is 6.61 Å². The minimum atomic E-state index is -1.72. The van der Waals surface area contributed by atoms with E-state index in [-0.39, 0.29) is 0 Å². The SMILES string of the molecule is CC(C(=O)[C@H](O)[C@@H](O)[C@H](O)CO)c1ccccc1. The van der Waals surface area contributed by atoms with Crippen LogP contribution in [0.3, 0.4) is 0 Å². The largest absolute Gasteiger partial charge is 0.394 e. The van der Waals surface area contributed by atoms with Crippen LogP contribution in [-0.4, -0.2) is 51.1 Å². The van der Waals surface area contributed by atoms with Gasteiger partial charge in [0.25, 0.3) is 0 Å². The van der Waals surface area contributed by atoms with Crippen molar-refractivity contribution >= 4 is 5.78 Å². The average molecular weight is 254 g/mol. The molecular weight excluding hydrogens is 236 g/mol. The van der Waals surface area contributed by atoms with Crippen LogP contribution < -0.4 is 0 Å². The van der Waals surface area contributed by atoms with Crippen molar-refractivity contribution < 1.29 is 25.2 Å². The number of hydrogen-bond donors (Lipinski definition) is 4. The maximum Gasteiger partial charge on any atom is 0.171 e. The van der Waals surface area contributed by atoms with E-state index < -0.39 is 36.6 Å². The van der Waals surface area contributed by atoms with Crippen molar-refractivity contribution in [3.05, 3.63) is 35.9 Å². The molecule has 5 nitrogen and oxygen atoms in total. The predicted molar refractivity (Wildman–Crippen MR) is 65.0 cm³/mol. The number of aliphatic hydroxyl groups excluding tert-OH is 4. The van der Waals surface area contributed by atoms with Gasteiger partial charge in [-0.1, -0.05) is 37.3 Å². The number of benzene rings is 1. The Bertz CT molecular complexity index is 378. The highest BCUT2D eigenvalue weighted by atomic mass is 16.4. The van der Waals surface area contributed by atoms with E-state index in [1.165, 1.54) is 0 Å². The van der Waals surface area contributed by atoms with Crippen LogP contribution in [0, 0.1) is 0 Å². The van der Waals surface area contributed by atoms with Gasteiger partial charge in [0.15, 0.2) is 5.78 Å². The Kier molecular flexibility index (Phi) is 5.43. The lowest BCUT2D eigenvalue weighted by Gasteiger charge is -2.23. The first-order valence-corrected chi connectivity index (χ1v) is 5.72. The second-order valence-corrected chi connectivity index (χ2v) is 4.22. The van der Waals surface area contributed by atoms with Crippen molar-refractivity contribution in [2.45, 2.75) is 31.2 Å². The Labute approximate surface area is 105 Å². The topological polar surface area (TPSA) is 98.0 Å². The Hall–Kier alpha value is -1.27. The minimum absolute atomic E-state index is 0.596. The van der Waals surface area contributed by atoms with Crippen LogP contribution in [0.5, 0.6) is 0 Å². The number of rotatable bonds is 6. The van der Waals surface area contributed by atoms with Gasteiger partial charge in [-0.25, -0.2) is 0 Å². The normalized spacial score (nSPS) is 17.8. The lowest BCUT2D eigenvalue weighted by atomic mass is 9.90. The standard InChI is InChI=1S/C13H18O5/c1-8(9-5-3-2-4-6-9)11(16)13(18)12(17)10(15)7-14/h2-6,8,10,12-15,17-18H,7H2,1H3/t8?,10-,12+,13+/m1/s1. The van der Waals surface area contributed by atoms with E-state index in [1.807, 2.05) is 6.07 Å². The van der Waals surface area contributed by atoms with Crippen LogP contribution in [0.2, 0.25) is 0 Å². The van der Waals surface area contributed by atoms with Crippen molar-refractivity contribution in [2.24, 2.45) is 0 Å². The molecule has 0 bridgehead atoms. The van der Waals surface area contributed by atoms with Crippen molar-refractivity contribution in [3.8, 4) is 0 Å². The van der Waals surface area contributed by atoms with Gasteiger partial charge in [-0.15, -0.1) is 0 Å². The lowest BCUT2D eigenvalue weighted by Crippen LogP contribution is -2.45. The zero-order valence-electron chi connectivity index (χ0n) is 10.1. The fourth-order valence-corrected chi connectivity index (χ4v) is 1.65. The maximum absolute atomic E-state index is 11.9. The number of ketones is 1. The molecule has 0 spiro atoms. The summed E-state index contributed by atoms with van der Waals surface area (Å²) in [6.45, 7) is 0.893. The van der Waals surface area contributed by atoms with E-state index in [0.29, 0.717) is 5.56 Å². The van der Waals surface area contributed by atoms with Crippen LogP contribution in [0.1, 0.15) is 18.4 Å². The number of Topliss-reactive ketones (excluding diaryl/α,β-unsaturated/α-hetero) is 1. The van der Waals surface area contributed by atoms with E-state index in [2.05, 4.69) is 0 Å². The molecule has 1 unspecified atom stereocenters. The van der Waals surface area contributed by atoms with Crippen molar-refractivity contribution in [1.29, 1.82) is 0 Å². The molecular formula is C13H18O5. The van der Waals surface area contributed by atoms with Crippen LogP contribution in [0.15, 0.2) is 30.3 Å². The first kappa shape index (κ1) is 14.8. The van der Waals surface area contributed by atoms with E-state index in [1.54, 1.807) is 31.2 Å². The molecule has 1 rings (SSSR count). The van der Waals surface area contributed by atoms with Crippen LogP contribution in [0.25, 0.3) is 0 Å².